The van der Waals surface area contributed by atoms with Gasteiger partial charge in [0.05, 0.1) is 13.5 Å². The molecule has 0 aromatic carbocycles. The van der Waals surface area contributed by atoms with Crippen LogP contribution in [-0.4, -0.2) is 18.8 Å². The summed E-state index contributed by atoms with van der Waals surface area (Å²) in [6.45, 7) is 0. The van der Waals surface area contributed by atoms with Crippen molar-refractivity contribution in [1.29, 1.82) is 0 Å². The molecule has 0 fully saturated rings. The number of hydrogen-bond acceptors (Lipinski definition) is 3. The molecule has 0 bridgehead atoms. The van der Waals surface area contributed by atoms with E-state index in [0.717, 1.165) is 12.2 Å². The lowest BCUT2D eigenvalue weighted by Crippen LogP contribution is -2.00. The summed E-state index contributed by atoms with van der Waals surface area (Å²) in [5.41, 5.74) is 1.21. The molecule has 0 aliphatic carbocycles. The Morgan fingerprint density at radius 3 is 3.20 bits per heavy atom. The first-order chi connectivity index (χ1) is 4.83. The van der Waals surface area contributed by atoms with Crippen LogP contribution in [0.3, 0.4) is 0 Å². The van der Waals surface area contributed by atoms with E-state index in [0.29, 0.717) is 6.42 Å². The topological polar surface area (TPSA) is 26.3 Å². The van der Waals surface area contributed by atoms with Gasteiger partial charge in [0, 0.05) is 5.75 Å². The van der Waals surface area contributed by atoms with Crippen molar-refractivity contribution in [2.45, 2.75) is 12.8 Å². The highest BCUT2D eigenvalue weighted by atomic mass is 32.2. The average molecular weight is 158 g/mol. The third kappa shape index (κ3) is 2.06. The van der Waals surface area contributed by atoms with Crippen molar-refractivity contribution < 1.29 is 9.53 Å². The van der Waals surface area contributed by atoms with Crippen LogP contribution in [0.25, 0.3) is 0 Å². The third-order valence-electron chi connectivity index (χ3n) is 1.39. The van der Waals surface area contributed by atoms with Gasteiger partial charge in [-0.3, -0.25) is 4.79 Å². The Morgan fingerprint density at radius 2 is 2.70 bits per heavy atom. The summed E-state index contributed by atoms with van der Waals surface area (Å²) >= 11 is 1.76. The minimum absolute atomic E-state index is 0.131. The molecule has 0 saturated heterocycles. The van der Waals surface area contributed by atoms with Crippen LogP contribution >= 0.6 is 11.8 Å². The highest BCUT2D eigenvalue weighted by molar-refractivity contribution is 8.02. The van der Waals surface area contributed by atoms with Gasteiger partial charge < -0.3 is 4.74 Å². The number of ether oxygens (including phenoxy) is 1. The van der Waals surface area contributed by atoms with Crippen LogP contribution in [0.15, 0.2) is 11.0 Å². The van der Waals surface area contributed by atoms with Gasteiger partial charge in [-0.05, 0) is 11.8 Å². The second kappa shape index (κ2) is 3.66. The van der Waals surface area contributed by atoms with Crippen molar-refractivity contribution in [2.75, 3.05) is 12.9 Å². The van der Waals surface area contributed by atoms with Gasteiger partial charge >= 0.3 is 5.97 Å². The van der Waals surface area contributed by atoms with Crippen molar-refractivity contribution in [3.8, 4) is 0 Å². The molecular formula is C7H10O2S. The number of rotatable bonds is 2. The molecule has 10 heavy (non-hydrogen) atoms. The lowest BCUT2D eigenvalue weighted by atomic mass is 10.2. The van der Waals surface area contributed by atoms with Gasteiger partial charge in [-0.1, -0.05) is 5.57 Å². The summed E-state index contributed by atoms with van der Waals surface area (Å²) < 4.78 is 4.52. The Hall–Kier alpha value is -0.440. The van der Waals surface area contributed by atoms with Crippen LogP contribution in [-0.2, 0) is 9.53 Å². The zero-order valence-electron chi connectivity index (χ0n) is 5.92. The smallest absolute Gasteiger partial charge is 0.309 e. The highest BCUT2D eigenvalue weighted by Crippen LogP contribution is 2.24. The van der Waals surface area contributed by atoms with Crippen molar-refractivity contribution in [2.24, 2.45) is 0 Å². The molecule has 0 spiro atoms. The van der Waals surface area contributed by atoms with Gasteiger partial charge in [0.2, 0.25) is 0 Å². The molecule has 0 atom stereocenters. The van der Waals surface area contributed by atoms with E-state index in [9.17, 15) is 4.79 Å². The summed E-state index contributed by atoms with van der Waals surface area (Å²) in [4.78, 5) is 10.7. The molecule has 0 N–H and O–H groups in total. The second-order valence-electron chi connectivity index (χ2n) is 2.15. The van der Waals surface area contributed by atoms with Gasteiger partial charge in [-0.2, -0.15) is 0 Å². The normalized spacial score (nSPS) is 16.7. The molecule has 1 heterocycles. The Kier molecular flexibility index (Phi) is 2.81. The SMILES string of the molecule is COC(=O)CC1=CSCC1. The van der Waals surface area contributed by atoms with Crippen molar-refractivity contribution in [3.63, 3.8) is 0 Å². The molecule has 0 amide bonds. The molecular weight excluding hydrogens is 148 g/mol. The van der Waals surface area contributed by atoms with Gasteiger partial charge in [0.15, 0.2) is 0 Å². The summed E-state index contributed by atoms with van der Waals surface area (Å²) in [6, 6.07) is 0. The van der Waals surface area contributed by atoms with Crippen LogP contribution in [0.2, 0.25) is 0 Å². The number of hydrogen-bond donors (Lipinski definition) is 0. The number of carbonyl (C=O) groups is 1. The third-order valence-corrected chi connectivity index (χ3v) is 2.33. The number of esters is 1. The standard InChI is InChI=1S/C7H10O2S/c1-9-7(8)4-6-2-3-10-5-6/h5H,2-4H2,1H3. The summed E-state index contributed by atoms with van der Waals surface area (Å²) in [6.07, 6.45) is 1.52. The maximum Gasteiger partial charge on any atom is 0.309 e. The first-order valence-electron chi connectivity index (χ1n) is 3.19. The fourth-order valence-electron chi connectivity index (χ4n) is 0.813. The monoisotopic (exact) mass is 158 g/mol. The van der Waals surface area contributed by atoms with Crippen molar-refractivity contribution >= 4 is 17.7 Å². The van der Waals surface area contributed by atoms with Crippen molar-refractivity contribution in [1.82, 2.24) is 0 Å². The molecule has 1 rings (SSSR count). The lowest BCUT2D eigenvalue weighted by molar-refractivity contribution is -0.139. The first kappa shape index (κ1) is 7.66. The Labute approximate surface area is 64.6 Å². The van der Waals surface area contributed by atoms with Gasteiger partial charge in [-0.25, -0.2) is 0 Å². The molecule has 0 aromatic heterocycles. The van der Waals surface area contributed by atoms with Gasteiger partial charge in [-0.15, -0.1) is 11.8 Å². The van der Waals surface area contributed by atoms with E-state index in [4.69, 9.17) is 0 Å². The van der Waals surface area contributed by atoms with Crippen LogP contribution in [0.5, 0.6) is 0 Å². The van der Waals surface area contributed by atoms with E-state index < -0.39 is 0 Å². The molecule has 56 valence electrons. The van der Waals surface area contributed by atoms with E-state index in [1.54, 1.807) is 11.8 Å². The zero-order valence-corrected chi connectivity index (χ0v) is 6.74. The second-order valence-corrected chi connectivity index (χ2v) is 3.13. The fraction of sp³-hybridized carbons (Fsp3) is 0.571. The molecule has 1 aliphatic rings. The number of thioether (sulfide) groups is 1. The largest absolute Gasteiger partial charge is 0.469 e. The van der Waals surface area contributed by atoms with E-state index >= 15 is 0 Å². The number of methoxy groups -OCH3 is 1. The Morgan fingerprint density at radius 1 is 1.90 bits per heavy atom. The van der Waals surface area contributed by atoms with E-state index in [1.165, 1.54) is 12.7 Å². The molecule has 3 heteroatoms. The van der Waals surface area contributed by atoms with Crippen LogP contribution in [0.1, 0.15) is 12.8 Å². The predicted molar refractivity (Wildman–Crippen MR) is 41.8 cm³/mol. The Bertz CT molecular complexity index is 163. The van der Waals surface area contributed by atoms with Gasteiger partial charge in [0.25, 0.3) is 0 Å². The van der Waals surface area contributed by atoms with E-state index in [1.807, 2.05) is 0 Å². The van der Waals surface area contributed by atoms with E-state index in [-0.39, 0.29) is 5.97 Å². The Balaban J connectivity index is 2.30. The van der Waals surface area contributed by atoms with Crippen LogP contribution in [0, 0.1) is 0 Å². The van der Waals surface area contributed by atoms with Crippen LogP contribution < -0.4 is 0 Å². The number of carbonyl (C=O) groups excluding carboxylic acids is 1. The predicted octanol–water partition coefficient (Wildman–Crippen LogP) is 1.57. The quantitative estimate of drug-likeness (QED) is 0.571. The summed E-state index contributed by atoms with van der Waals surface area (Å²) in [5, 5.41) is 2.05. The maximum atomic E-state index is 10.7. The van der Waals surface area contributed by atoms with Gasteiger partial charge in [0.1, 0.15) is 0 Å². The van der Waals surface area contributed by atoms with E-state index in [2.05, 4.69) is 10.1 Å². The molecule has 0 aromatic rings. The van der Waals surface area contributed by atoms with Crippen LogP contribution in [0.4, 0.5) is 0 Å². The van der Waals surface area contributed by atoms with Crippen molar-refractivity contribution in [3.05, 3.63) is 11.0 Å². The zero-order chi connectivity index (χ0) is 7.40. The summed E-state index contributed by atoms with van der Waals surface area (Å²) in [5.74, 6) is 0.987. The lowest BCUT2D eigenvalue weighted by Gasteiger charge is -1.97. The minimum Gasteiger partial charge on any atom is -0.469 e. The molecule has 0 radical (unpaired) electrons. The molecule has 2 nitrogen and oxygen atoms in total. The molecule has 1 aliphatic heterocycles. The average Bonchev–Trinajstić information content (AvgIpc) is 2.40. The highest BCUT2D eigenvalue weighted by Gasteiger charge is 2.09. The maximum absolute atomic E-state index is 10.7. The first-order valence-corrected chi connectivity index (χ1v) is 4.24. The minimum atomic E-state index is -0.131. The molecule has 0 unspecified atom stereocenters. The fourth-order valence-corrected chi connectivity index (χ4v) is 1.75. The molecule has 0 saturated carbocycles. The summed E-state index contributed by atoms with van der Waals surface area (Å²) in [7, 11) is 1.42.